The van der Waals surface area contributed by atoms with Crippen molar-refractivity contribution >= 4 is 0 Å². The van der Waals surface area contributed by atoms with E-state index < -0.39 is 0 Å². The topological polar surface area (TPSA) is 25.8 Å². The summed E-state index contributed by atoms with van der Waals surface area (Å²) in [5, 5.41) is 2.51. The minimum Gasteiger partial charge on any atom is -0.489 e. The third kappa shape index (κ3) is 3.86. The Bertz CT molecular complexity index is 429. The second kappa shape index (κ2) is 7.49. The Kier molecular flexibility index (Phi) is 5.66. The van der Waals surface area contributed by atoms with Crippen LogP contribution in [0.4, 0.5) is 0 Å². The first-order valence-corrected chi connectivity index (χ1v) is 7.87. The van der Waals surface area contributed by atoms with Gasteiger partial charge in [-0.05, 0) is 37.3 Å². The van der Waals surface area contributed by atoms with E-state index in [4.69, 9.17) is 4.74 Å². The number of rotatable bonds is 6. The lowest BCUT2D eigenvalue weighted by Gasteiger charge is -2.32. The molecule has 110 valence electrons. The first-order valence-electron chi connectivity index (χ1n) is 7.87. The molecule has 1 fully saturated rings. The van der Waals surface area contributed by atoms with Crippen LogP contribution in [0, 0.1) is 11.8 Å². The van der Waals surface area contributed by atoms with Gasteiger partial charge in [0, 0.05) is 11.5 Å². The van der Waals surface area contributed by atoms with Crippen molar-refractivity contribution in [2.45, 2.75) is 45.7 Å². The molecule has 0 amide bonds. The number of benzene rings is 1. The van der Waals surface area contributed by atoms with Gasteiger partial charge in [-0.25, -0.2) is 0 Å². The smallest absolute Gasteiger partial charge is 0.128 e. The average molecular weight is 274 g/mol. The molecule has 1 aliphatic rings. The maximum Gasteiger partial charge on any atom is 0.128 e. The van der Waals surface area contributed by atoms with E-state index in [0.29, 0.717) is 6.61 Å². The van der Waals surface area contributed by atoms with Gasteiger partial charge in [-0.3, -0.25) is 0 Å². The van der Waals surface area contributed by atoms with E-state index in [0.717, 1.165) is 30.2 Å². The number of hydrogen-bond acceptors (Lipinski definition) is 1. The summed E-state index contributed by atoms with van der Waals surface area (Å²) in [4.78, 5) is 0. The van der Waals surface area contributed by atoms with Gasteiger partial charge in [0.1, 0.15) is 18.9 Å². The fourth-order valence-electron chi connectivity index (χ4n) is 3.20. The fraction of sp³-hybridized carbons (Fsp3) is 0.556. The number of quaternary nitrogens is 1. The summed E-state index contributed by atoms with van der Waals surface area (Å²) in [6, 6.07) is 9.11. The Morgan fingerprint density at radius 1 is 1.30 bits per heavy atom. The Labute approximate surface area is 123 Å². The Morgan fingerprint density at radius 2 is 2.10 bits per heavy atom. The van der Waals surface area contributed by atoms with Gasteiger partial charge < -0.3 is 10.1 Å². The van der Waals surface area contributed by atoms with Gasteiger partial charge in [0.2, 0.25) is 0 Å². The van der Waals surface area contributed by atoms with Crippen LogP contribution in [-0.2, 0) is 6.54 Å². The van der Waals surface area contributed by atoms with Gasteiger partial charge >= 0.3 is 0 Å². The molecule has 0 saturated heterocycles. The van der Waals surface area contributed by atoms with Crippen LogP contribution in [0.3, 0.4) is 0 Å². The standard InChI is InChI=1S/C18H27NO/c1-4-12-20-18-11-6-5-9-16(18)13-19-17-10-7-8-14(2)15(17)3/h4-6,9,11,14-15,17,19H,1,7-8,10,12-13H2,2-3H3/p+1/t14-,15+,17-/m0/s1. The van der Waals surface area contributed by atoms with Crippen LogP contribution in [0.2, 0.25) is 0 Å². The van der Waals surface area contributed by atoms with Crippen LogP contribution < -0.4 is 10.1 Å². The summed E-state index contributed by atoms with van der Waals surface area (Å²) in [6.07, 6.45) is 5.92. The highest BCUT2D eigenvalue weighted by Crippen LogP contribution is 2.27. The molecule has 2 rings (SSSR count). The predicted molar refractivity (Wildman–Crippen MR) is 83.7 cm³/mol. The van der Waals surface area contributed by atoms with Crippen LogP contribution in [0.1, 0.15) is 38.7 Å². The summed E-state index contributed by atoms with van der Waals surface area (Å²) < 4.78 is 5.74. The van der Waals surface area contributed by atoms with Gasteiger partial charge in [-0.15, -0.1) is 0 Å². The summed E-state index contributed by atoms with van der Waals surface area (Å²) in [7, 11) is 0. The number of para-hydroxylation sites is 1. The van der Waals surface area contributed by atoms with Crippen molar-refractivity contribution in [2.24, 2.45) is 11.8 Å². The van der Waals surface area contributed by atoms with Crippen molar-refractivity contribution in [3.8, 4) is 5.75 Å². The number of ether oxygens (including phenoxy) is 1. The molecule has 0 bridgehead atoms. The van der Waals surface area contributed by atoms with E-state index >= 15 is 0 Å². The van der Waals surface area contributed by atoms with E-state index in [1.807, 2.05) is 6.07 Å². The average Bonchev–Trinajstić information content (AvgIpc) is 2.47. The largest absolute Gasteiger partial charge is 0.489 e. The molecule has 0 unspecified atom stereocenters. The molecule has 1 aromatic carbocycles. The molecule has 1 aliphatic carbocycles. The zero-order valence-corrected chi connectivity index (χ0v) is 12.8. The normalized spacial score (nSPS) is 26.2. The van der Waals surface area contributed by atoms with Gasteiger partial charge in [0.05, 0.1) is 6.04 Å². The Hall–Kier alpha value is -1.28. The second-order valence-corrected chi connectivity index (χ2v) is 6.08. The molecule has 0 radical (unpaired) electrons. The molecule has 20 heavy (non-hydrogen) atoms. The zero-order chi connectivity index (χ0) is 14.4. The Balaban J connectivity index is 1.94. The van der Waals surface area contributed by atoms with Crippen LogP contribution in [0.15, 0.2) is 36.9 Å². The molecule has 3 atom stereocenters. The first kappa shape index (κ1) is 15.1. The van der Waals surface area contributed by atoms with Crippen molar-refractivity contribution in [3.63, 3.8) is 0 Å². The maximum atomic E-state index is 5.74. The lowest BCUT2D eigenvalue weighted by molar-refractivity contribution is -0.713. The summed E-state index contributed by atoms with van der Waals surface area (Å²) in [5.74, 6) is 2.67. The monoisotopic (exact) mass is 274 g/mol. The third-order valence-electron chi connectivity index (χ3n) is 4.74. The van der Waals surface area contributed by atoms with Gasteiger partial charge in [-0.2, -0.15) is 0 Å². The minimum absolute atomic E-state index is 0.577. The number of hydrogen-bond donors (Lipinski definition) is 1. The summed E-state index contributed by atoms with van der Waals surface area (Å²) in [6.45, 7) is 10.1. The van der Waals surface area contributed by atoms with Gasteiger partial charge in [-0.1, -0.05) is 38.6 Å². The summed E-state index contributed by atoms with van der Waals surface area (Å²) in [5.41, 5.74) is 1.29. The highest BCUT2D eigenvalue weighted by Gasteiger charge is 2.29. The molecule has 2 nitrogen and oxygen atoms in total. The molecule has 0 aliphatic heterocycles. The third-order valence-corrected chi connectivity index (χ3v) is 4.74. The van der Waals surface area contributed by atoms with Crippen molar-refractivity contribution in [1.29, 1.82) is 0 Å². The second-order valence-electron chi connectivity index (χ2n) is 6.08. The van der Waals surface area contributed by atoms with Crippen molar-refractivity contribution in [3.05, 3.63) is 42.5 Å². The molecule has 0 spiro atoms. The molecule has 0 aromatic heterocycles. The van der Waals surface area contributed by atoms with Crippen molar-refractivity contribution in [1.82, 2.24) is 0 Å². The van der Waals surface area contributed by atoms with Crippen molar-refractivity contribution < 1.29 is 10.1 Å². The molecular formula is C18H28NO+. The quantitative estimate of drug-likeness (QED) is 0.792. The predicted octanol–water partition coefficient (Wildman–Crippen LogP) is 3.14. The molecule has 2 heteroatoms. The molecule has 1 aromatic rings. The SMILES string of the molecule is C=CCOc1ccccc1C[NH2+][C@H]1CCC[C@H](C)[C@H]1C. The minimum atomic E-state index is 0.577. The van der Waals surface area contributed by atoms with E-state index in [2.05, 4.69) is 43.9 Å². The molecular weight excluding hydrogens is 246 g/mol. The van der Waals surface area contributed by atoms with Crippen LogP contribution in [0.5, 0.6) is 5.75 Å². The Morgan fingerprint density at radius 3 is 2.90 bits per heavy atom. The van der Waals surface area contributed by atoms with E-state index in [-0.39, 0.29) is 0 Å². The van der Waals surface area contributed by atoms with Crippen LogP contribution >= 0.6 is 0 Å². The zero-order valence-electron chi connectivity index (χ0n) is 12.8. The van der Waals surface area contributed by atoms with Gasteiger partial charge in [0.15, 0.2) is 0 Å². The van der Waals surface area contributed by atoms with Gasteiger partial charge in [0.25, 0.3) is 0 Å². The van der Waals surface area contributed by atoms with Crippen LogP contribution in [0.25, 0.3) is 0 Å². The maximum absolute atomic E-state index is 5.74. The lowest BCUT2D eigenvalue weighted by atomic mass is 9.78. The fourth-order valence-corrected chi connectivity index (χ4v) is 3.20. The van der Waals surface area contributed by atoms with Crippen molar-refractivity contribution in [2.75, 3.05) is 6.61 Å². The van der Waals surface area contributed by atoms with E-state index in [1.54, 1.807) is 6.08 Å². The molecule has 2 N–H and O–H groups in total. The first-order chi connectivity index (χ1) is 9.72. The summed E-state index contributed by atoms with van der Waals surface area (Å²) >= 11 is 0. The van der Waals surface area contributed by atoms with E-state index in [9.17, 15) is 0 Å². The van der Waals surface area contributed by atoms with E-state index in [1.165, 1.54) is 24.8 Å². The highest BCUT2D eigenvalue weighted by atomic mass is 16.5. The molecule has 0 heterocycles. The highest BCUT2D eigenvalue weighted by molar-refractivity contribution is 5.32. The number of nitrogens with two attached hydrogens (primary N) is 1. The van der Waals surface area contributed by atoms with Crippen LogP contribution in [-0.4, -0.2) is 12.6 Å². The molecule has 1 saturated carbocycles. The lowest BCUT2D eigenvalue weighted by Crippen LogP contribution is -2.90.